The maximum atomic E-state index is 12.6. The van der Waals surface area contributed by atoms with E-state index in [2.05, 4.69) is 5.16 Å². The molecule has 0 radical (unpaired) electrons. The fourth-order valence-electron chi connectivity index (χ4n) is 0.961. The Kier molecular flexibility index (Phi) is 2.81. The lowest BCUT2D eigenvalue weighted by Crippen LogP contribution is -2.10. The highest BCUT2D eigenvalue weighted by Gasteiger charge is 2.10. The molecule has 0 amide bonds. The molecular formula is C9H9FN2O2. The molecule has 4 nitrogen and oxygen atoms in total. The standard InChI is InChI=1S/C9H9FN2O2/c1-5(12-14)9(11)7-3-2-6(10)4-8(7)13/h2-4,11,13-14H,1H3. The van der Waals surface area contributed by atoms with Crippen molar-refractivity contribution in [2.24, 2.45) is 5.16 Å². The van der Waals surface area contributed by atoms with Gasteiger partial charge in [-0.25, -0.2) is 4.39 Å². The second-order valence-corrected chi connectivity index (χ2v) is 2.72. The van der Waals surface area contributed by atoms with Crippen LogP contribution < -0.4 is 0 Å². The van der Waals surface area contributed by atoms with Crippen LogP contribution in [0.5, 0.6) is 5.75 Å². The Labute approximate surface area is 79.8 Å². The third-order valence-corrected chi connectivity index (χ3v) is 1.74. The Balaban J connectivity index is 3.14. The van der Waals surface area contributed by atoms with Gasteiger partial charge in [0.15, 0.2) is 0 Å². The average molecular weight is 196 g/mol. The highest BCUT2D eigenvalue weighted by molar-refractivity contribution is 6.46. The predicted molar refractivity (Wildman–Crippen MR) is 49.8 cm³/mol. The number of nitrogens with zero attached hydrogens (tertiary/aromatic N) is 1. The normalized spacial score (nSPS) is 11.4. The lowest BCUT2D eigenvalue weighted by molar-refractivity contribution is 0.320. The van der Waals surface area contributed by atoms with Crippen molar-refractivity contribution in [2.45, 2.75) is 6.92 Å². The van der Waals surface area contributed by atoms with E-state index in [1.807, 2.05) is 0 Å². The molecule has 0 unspecified atom stereocenters. The molecule has 0 saturated heterocycles. The van der Waals surface area contributed by atoms with Crippen LogP contribution in [0.1, 0.15) is 12.5 Å². The van der Waals surface area contributed by atoms with Gasteiger partial charge in [0.1, 0.15) is 17.3 Å². The van der Waals surface area contributed by atoms with Gasteiger partial charge in [-0.2, -0.15) is 0 Å². The number of oxime groups is 1. The third-order valence-electron chi connectivity index (χ3n) is 1.74. The first-order valence-corrected chi connectivity index (χ1v) is 3.82. The number of halogens is 1. The Morgan fingerprint density at radius 3 is 2.64 bits per heavy atom. The molecule has 3 N–H and O–H groups in total. The molecule has 1 aromatic carbocycles. The third kappa shape index (κ3) is 1.87. The maximum Gasteiger partial charge on any atom is 0.127 e. The molecule has 0 aliphatic carbocycles. The number of nitrogens with one attached hydrogen (secondary N) is 1. The number of hydrogen-bond acceptors (Lipinski definition) is 4. The molecule has 74 valence electrons. The van der Waals surface area contributed by atoms with E-state index >= 15 is 0 Å². The van der Waals surface area contributed by atoms with Gasteiger partial charge >= 0.3 is 0 Å². The van der Waals surface area contributed by atoms with Crippen molar-refractivity contribution >= 4 is 11.4 Å². The summed E-state index contributed by atoms with van der Waals surface area (Å²) in [6, 6.07) is 3.27. The first kappa shape index (κ1) is 10.2. The van der Waals surface area contributed by atoms with Crippen LogP contribution in [0.3, 0.4) is 0 Å². The first-order valence-electron chi connectivity index (χ1n) is 3.82. The molecule has 0 aromatic heterocycles. The number of phenolic OH excluding ortho intramolecular Hbond substituents is 1. The van der Waals surface area contributed by atoms with Gasteiger partial charge in [-0.1, -0.05) is 5.16 Å². The van der Waals surface area contributed by atoms with Crippen LogP contribution in [0, 0.1) is 11.2 Å². The number of rotatable bonds is 2. The highest BCUT2D eigenvalue weighted by atomic mass is 19.1. The number of aromatic hydroxyl groups is 1. The van der Waals surface area contributed by atoms with E-state index in [4.69, 9.17) is 10.6 Å². The summed E-state index contributed by atoms with van der Waals surface area (Å²) in [5.74, 6) is -0.935. The van der Waals surface area contributed by atoms with Crippen LogP contribution in [0.4, 0.5) is 4.39 Å². The van der Waals surface area contributed by atoms with E-state index in [0.717, 1.165) is 12.1 Å². The Morgan fingerprint density at radius 1 is 1.50 bits per heavy atom. The molecule has 1 rings (SSSR count). The van der Waals surface area contributed by atoms with Gasteiger partial charge in [0.05, 0.1) is 5.71 Å². The summed E-state index contributed by atoms with van der Waals surface area (Å²) in [5.41, 5.74) is 0.0265. The van der Waals surface area contributed by atoms with Crippen molar-refractivity contribution in [3.8, 4) is 5.75 Å². The van der Waals surface area contributed by atoms with Crippen molar-refractivity contribution in [3.63, 3.8) is 0 Å². The van der Waals surface area contributed by atoms with E-state index in [1.165, 1.54) is 13.0 Å². The molecule has 0 saturated carbocycles. The number of benzene rings is 1. The second kappa shape index (κ2) is 3.87. The molecule has 0 spiro atoms. The topological polar surface area (TPSA) is 76.7 Å². The van der Waals surface area contributed by atoms with E-state index in [9.17, 15) is 9.50 Å². The Bertz CT molecular complexity index is 402. The lowest BCUT2D eigenvalue weighted by Gasteiger charge is -2.04. The molecule has 0 heterocycles. The Hall–Kier alpha value is -1.91. The van der Waals surface area contributed by atoms with Crippen LogP contribution >= 0.6 is 0 Å². The summed E-state index contributed by atoms with van der Waals surface area (Å²) in [5, 5.41) is 28.0. The summed E-state index contributed by atoms with van der Waals surface area (Å²) >= 11 is 0. The zero-order chi connectivity index (χ0) is 10.7. The van der Waals surface area contributed by atoms with Crippen molar-refractivity contribution in [2.75, 3.05) is 0 Å². The Morgan fingerprint density at radius 2 is 2.14 bits per heavy atom. The minimum absolute atomic E-state index is 0.0481. The van der Waals surface area contributed by atoms with Gasteiger partial charge in [0.25, 0.3) is 0 Å². The summed E-state index contributed by atoms with van der Waals surface area (Å²) in [7, 11) is 0. The molecule has 0 bridgehead atoms. The summed E-state index contributed by atoms with van der Waals surface area (Å²) in [4.78, 5) is 0. The predicted octanol–water partition coefficient (Wildman–Crippen LogP) is 1.75. The van der Waals surface area contributed by atoms with Gasteiger partial charge in [0.2, 0.25) is 0 Å². The van der Waals surface area contributed by atoms with Gasteiger partial charge in [-0.05, 0) is 19.1 Å². The van der Waals surface area contributed by atoms with Gasteiger partial charge in [0, 0.05) is 11.6 Å². The van der Waals surface area contributed by atoms with Crippen LogP contribution in [-0.2, 0) is 0 Å². The zero-order valence-electron chi connectivity index (χ0n) is 7.45. The molecular weight excluding hydrogens is 187 g/mol. The molecule has 0 aliphatic rings. The van der Waals surface area contributed by atoms with Crippen molar-refractivity contribution in [3.05, 3.63) is 29.6 Å². The van der Waals surface area contributed by atoms with Gasteiger partial charge in [-0.15, -0.1) is 0 Å². The van der Waals surface area contributed by atoms with Crippen molar-refractivity contribution in [1.29, 1.82) is 5.41 Å². The smallest absolute Gasteiger partial charge is 0.127 e. The van der Waals surface area contributed by atoms with Crippen molar-refractivity contribution < 1.29 is 14.7 Å². The molecule has 0 aliphatic heterocycles. The van der Waals surface area contributed by atoms with Crippen LogP contribution in [-0.4, -0.2) is 21.7 Å². The molecule has 0 atom stereocenters. The summed E-state index contributed by atoms with van der Waals surface area (Å²) < 4.78 is 12.6. The maximum absolute atomic E-state index is 12.6. The van der Waals surface area contributed by atoms with Crippen LogP contribution in [0.15, 0.2) is 23.4 Å². The fraction of sp³-hybridized carbons (Fsp3) is 0.111. The molecule has 1 aromatic rings. The highest BCUT2D eigenvalue weighted by Crippen LogP contribution is 2.18. The molecule has 5 heteroatoms. The minimum Gasteiger partial charge on any atom is -0.507 e. The lowest BCUT2D eigenvalue weighted by atomic mass is 10.1. The summed E-state index contributed by atoms with van der Waals surface area (Å²) in [6.45, 7) is 1.41. The zero-order valence-corrected chi connectivity index (χ0v) is 7.45. The first-order chi connectivity index (χ1) is 6.56. The number of hydrogen-bond donors (Lipinski definition) is 3. The van der Waals surface area contributed by atoms with E-state index < -0.39 is 5.82 Å². The second-order valence-electron chi connectivity index (χ2n) is 2.72. The largest absolute Gasteiger partial charge is 0.507 e. The van der Waals surface area contributed by atoms with E-state index in [1.54, 1.807) is 0 Å². The average Bonchev–Trinajstić information content (AvgIpc) is 2.15. The SMILES string of the molecule is CC(=NO)C(=N)c1ccc(F)cc1O. The minimum atomic E-state index is -0.586. The van der Waals surface area contributed by atoms with Crippen molar-refractivity contribution in [1.82, 2.24) is 0 Å². The van der Waals surface area contributed by atoms with Crippen LogP contribution in [0.25, 0.3) is 0 Å². The summed E-state index contributed by atoms with van der Waals surface area (Å²) in [6.07, 6.45) is 0. The molecule has 0 fully saturated rings. The van der Waals surface area contributed by atoms with Gasteiger partial charge in [-0.3, -0.25) is 5.41 Å². The quantitative estimate of drug-likeness (QED) is 0.383. The van der Waals surface area contributed by atoms with Gasteiger partial charge < -0.3 is 10.3 Å². The van der Waals surface area contributed by atoms with Crippen LogP contribution in [0.2, 0.25) is 0 Å². The number of phenols is 1. The van der Waals surface area contributed by atoms with E-state index in [-0.39, 0.29) is 22.7 Å². The fourth-order valence-corrected chi connectivity index (χ4v) is 0.961. The molecule has 14 heavy (non-hydrogen) atoms. The van der Waals surface area contributed by atoms with E-state index in [0.29, 0.717) is 0 Å². The monoisotopic (exact) mass is 196 g/mol.